The summed E-state index contributed by atoms with van der Waals surface area (Å²) in [6.07, 6.45) is 5.13. The smallest absolute Gasteiger partial charge is 0.226 e. The molecule has 1 saturated heterocycles. The first-order chi connectivity index (χ1) is 11.2. The zero-order chi connectivity index (χ0) is 17.7. The minimum absolute atomic E-state index is 0.133. The molecule has 0 bridgehead atoms. The molecule has 1 aromatic rings. The Morgan fingerprint density at radius 1 is 1.17 bits per heavy atom. The van der Waals surface area contributed by atoms with Crippen molar-refractivity contribution >= 4 is 17.7 Å². The van der Waals surface area contributed by atoms with E-state index in [-0.39, 0.29) is 16.7 Å². The topological polar surface area (TPSA) is 51.0 Å². The second-order valence-corrected chi connectivity index (χ2v) is 9.28. The monoisotopic (exact) mass is 350 g/mol. The molecule has 1 saturated carbocycles. The van der Waals surface area contributed by atoms with Gasteiger partial charge in [-0.2, -0.15) is 0 Å². The van der Waals surface area contributed by atoms with Gasteiger partial charge in [-0.1, -0.05) is 39.5 Å². The highest BCUT2D eigenvalue weighted by atomic mass is 32.2. The average Bonchev–Trinajstić information content (AvgIpc) is 2.78. The van der Waals surface area contributed by atoms with Gasteiger partial charge in [0.1, 0.15) is 5.82 Å². The number of likely N-dealkylation sites (tertiary alicyclic amines) is 1. The highest BCUT2D eigenvalue weighted by molar-refractivity contribution is 7.98. The molecule has 0 aromatic carbocycles. The average molecular weight is 351 g/mol. The largest absolute Gasteiger partial charge is 0.342 e. The molecule has 0 unspecified atom stereocenters. The maximum atomic E-state index is 12.8. The molecule has 0 spiro atoms. The van der Waals surface area contributed by atoms with Crippen LogP contribution in [0.5, 0.6) is 0 Å². The number of aromatic nitrogens is 3. The molecule has 2 fully saturated rings. The van der Waals surface area contributed by atoms with Gasteiger partial charge < -0.3 is 9.47 Å². The molecule has 0 atom stereocenters. The van der Waals surface area contributed by atoms with Crippen LogP contribution in [0, 0.1) is 22.7 Å². The fraction of sp³-hybridized carbons (Fsp3) is 0.833. The number of carbonyl (C=O) groups is 1. The van der Waals surface area contributed by atoms with Gasteiger partial charge in [-0.15, -0.1) is 10.2 Å². The minimum Gasteiger partial charge on any atom is -0.342 e. The fourth-order valence-electron chi connectivity index (χ4n) is 4.31. The van der Waals surface area contributed by atoms with Crippen LogP contribution in [0.2, 0.25) is 0 Å². The lowest BCUT2D eigenvalue weighted by Gasteiger charge is -2.32. The molecular weight excluding hydrogens is 320 g/mol. The number of hydrogen-bond donors (Lipinski definition) is 0. The summed E-state index contributed by atoms with van der Waals surface area (Å²) < 4.78 is 2.09. The van der Waals surface area contributed by atoms with Crippen LogP contribution in [0.25, 0.3) is 0 Å². The fourth-order valence-corrected chi connectivity index (χ4v) is 4.81. The van der Waals surface area contributed by atoms with E-state index >= 15 is 0 Å². The molecule has 1 aliphatic heterocycles. The number of amides is 1. The van der Waals surface area contributed by atoms with Gasteiger partial charge >= 0.3 is 0 Å². The lowest BCUT2D eigenvalue weighted by molar-refractivity contribution is -0.135. The van der Waals surface area contributed by atoms with Crippen LogP contribution in [0.1, 0.15) is 46.4 Å². The molecule has 0 N–H and O–H groups in total. The van der Waals surface area contributed by atoms with Crippen LogP contribution < -0.4 is 0 Å². The minimum atomic E-state index is 0.133. The number of carbonyl (C=O) groups excluding carboxylic acids is 1. The SMILES string of the molecule is CSc1nnc(CC2CCN(C(=O)C3C(C)(C)C3(C)C)CC2)n1C. The molecule has 1 amide bonds. The summed E-state index contributed by atoms with van der Waals surface area (Å²) in [7, 11) is 2.04. The first-order valence-electron chi connectivity index (χ1n) is 8.91. The Morgan fingerprint density at radius 2 is 1.75 bits per heavy atom. The lowest BCUT2D eigenvalue weighted by atomic mass is 9.92. The Labute approximate surface area is 149 Å². The summed E-state index contributed by atoms with van der Waals surface area (Å²) >= 11 is 1.63. The van der Waals surface area contributed by atoms with Crippen LogP contribution in [0.15, 0.2) is 5.16 Å². The summed E-state index contributed by atoms with van der Waals surface area (Å²) in [4.78, 5) is 14.9. The van der Waals surface area contributed by atoms with Gasteiger partial charge in [0.2, 0.25) is 5.91 Å². The van der Waals surface area contributed by atoms with E-state index in [0.29, 0.717) is 11.8 Å². The van der Waals surface area contributed by atoms with Crippen molar-refractivity contribution in [3.05, 3.63) is 5.82 Å². The van der Waals surface area contributed by atoms with Gasteiger partial charge in [-0.25, -0.2) is 0 Å². The molecule has 0 radical (unpaired) electrons. The summed E-state index contributed by atoms with van der Waals surface area (Å²) in [5.41, 5.74) is 0.265. The molecule has 1 aliphatic carbocycles. The molecule has 3 rings (SSSR count). The van der Waals surface area contributed by atoms with Crippen molar-refractivity contribution in [1.82, 2.24) is 19.7 Å². The summed E-state index contributed by atoms with van der Waals surface area (Å²) in [6, 6.07) is 0. The number of rotatable bonds is 4. The van der Waals surface area contributed by atoms with Crippen LogP contribution in [-0.2, 0) is 18.3 Å². The van der Waals surface area contributed by atoms with Gasteiger partial charge in [0.15, 0.2) is 5.16 Å². The molecule has 134 valence electrons. The Morgan fingerprint density at radius 3 is 2.21 bits per heavy atom. The third kappa shape index (κ3) is 2.76. The van der Waals surface area contributed by atoms with Crippen LogP contribution in [-0.4, -0.2) is 44.9 Å². The third-order valence-corrected chi connectivity index (χ3v) is 7.49. The first-order valence-corrected chi connectivity index (χ1v) is 10.1. The van der Waals surface area contributed by atoms with E-state index in [1.165, 1.54) is 0 Å². The normalized spacial score (nSPS) is 23.5. The van der Waals surface area contributed by atoms with Crippen LogP contribution >= 0.6 is 11.8 Å². The van der Waals surface area contributed by atoms with E-state index in [1.54, 1.807) is 11.8 Å². The van der Waals surface area contributed by atoms with Crippen molar-refractivity contribution in [2.45, 2.75) is 52.1 Å². The molecular formula is C18H30N4OS. The van der Waals surface area contributed by atoms with Gasteiger partial charge in [0.25, 0.3) is 0 Å². The van der Waals surface area contributed by atoms with Crippen LogP contribution in [0.3, 0.4) is 0 Å². The molecule has 6 heteroatoms. The van der Waals surface area contributed by atoms with E-state index < -0.39 is 0 Å². The third-order valence-electron chi connectivity index (χ3n) is 6.77. The Balaban J connectivity index is 1.55. The summed E-state index contributed by atoms with van der Waals surface area (Å²) in [5.74, 6) is 2.22. The zero-order valence-corrected chi connectivity index (χ0v) is 16.6. The van der Waals surface area contributed by atoms with E-state index in [4.69, 9.17) is 0 Å². The number of thioether (sulfide) groups is 1. The maximum absolute atomic E-state index is 12.8. The molecule has 5 nitrogen and oxygen atoms in total. The number of hydrogen-bond acceptors (Lipinski definition) is 4. The predicted octanol–water partition coefficient (Wildman–Crippen LogP) is 3.00. The van der Waals surface area contributed by atoms with Gasteiger partial charge in [-0.05, 0) is 35.8 Å². The highest BCUT2D eigenvalue weighted by Crippen LogP contribution is 2.68. The highest BCUT2D eigenvalue weighted by Gasteiger charge is 2.68. The van der Waals surface area contributed by atoms with Crippen molar-refractivity contribution in [3.8, 4) is 0 Å². The molecule has 24 heavy (non-hydrogen) atoms. The predicted molar refractivity (Wildman–Crippen MR) is 96.8 cm³/mol. The Bertz CT molecular complexity index is 615. The van der Waals surface area contributed by atoms with E-state index in [1.807, 2.05) is 13.3 Å². The van der Waals surface area contributed by atoms with Crippen molar-refractivity contribution in [3.63, 3.8) is 0 Å². The molecule has 1 aromatic heterocycles. The maximum Gasteiger partial charge on any atom is 0.226 e. The van der Waals surface area contributed by atoms with E-state index in [2.05, 4.69) is 47.4 Å². The van der Waals surface area contributed by atoms with E-state index in [0.717, 1.165) is 43.3 Å². The number of nitrogens with zero attached hydrogens (tertiary/aromatic N) is 4. The van der Waals surface area contributed by atoms with Gasteiger partial charge in [-0.3, -0.25) is 4.79 Å². The first kappa shape index (κ1) is 17.8. The Kier molecular flexibility index (Phi) is 4.47. The van der Waals surface area contributed by atoms with Gasteiger partial charge in [0.05, 0.1) is 0 Å². The summed E-state index contributed by atoms with van der Waals surface area (Å²) in [5, 5.41) is 9.51. The second-order valence-electron chi connectivity index (χ2n) is 8.51. The molecule has 2 aliphatic rings. The van der Waals surface area contributed by atoms with Crippen molar-refractivity contribution < 1.29 is 4.79 Å². The summed E-state index contributed by atoms with van der Waals surface area (Å²) in [6.45, 7) is 10.7. The lowest BCUT2D eigenvalue weighted by Crippen LogP contribution is -2.40. The second kappa shape index (κ2) is 6.04. The van der Waals surface area contributed by atoms with Crippen molar-refractivity contribution in [2.75, 3.05) is 19.3 Å². The standard InChI is InChI=1S/C18H30N4OS/c1-17(2)14(18(17,3)4)15(23)22-9-7-12(8-10-22)11-13-19-20-16(24-6)21(13)5/h12,14H,7-11H2,1-6H3. The van der Waals surface area contributed by atoms with Crippen LogP contribution in [0.4, 0.5) is 0 Å². The van der Waals surface area contributed by atoms with Crippen molar-refractivity contribution in [2.24, 2.45) is 29.7 Å². The zero-order valence-electron chi connectivity index (χ0n) is 15.8. The Hall–Kier alpha value is -1.04. The number of piperidine rings is 1. The van der Waals surface area contributed by atoms with Crippen molar-refractivity contribution in [1.29, 1.82) is 0 Å². The quantitative estimate of drug-likeness (QED) is 0.783. The molecule has 2 heterocycles. The van der Waals surface area contributed by atoms with Gasteiger partial charge in [0, 0.05) is 32.5 Å². The van der Waals surface area contributed by atoms with E-state index in [9.17, 15) is 4.79 Å².